The van der Waals surface area contributed by atoms with E-state index >= 15 is 0 Å². The Kier molecular flexibility index (Phi) is 3.35. The van der Waals surface area contributed by atoms with E-state index in [1.807, 2.05) is 17.8 Å². The summed E-state index contributed by atoms with van der Waals surface area (Å²) in [5.74, 6) is -1.48. The Morgan fingerprint density at radius 3 is 2.84 bits per heavy atom. The third-order valence-electron chi connectivity index (χ3n) is 4.46. The number of nitrogens with zero attached hydrogens (tertiary/aromatic N) is 2. The quantitative estimate of drug-likeness (QED) is 0.604. The molecule has 0 fully saturated rings. The number of halogens is 1. The van der Waals surface area contributed by atoms with Crippen molar-refractivity contribution >= 4 is 28.0 Å². The Hall–Kier alpha value is -3.15. The Bertz CT molecular complexity index is 1130. The molecule has 1 atom stereocenters. The first-order valence-corrected chi connectivity index (χ1v) is 7.82. The molecule has 0 bridgehead atoms. The lowest BCUT2D eigenvalue weighted by molar-refractivity contribution is -0.138. The molecular weight excluding hydrogens is 323 g/mol. The molecule has 4 rings (SSSR count). The zero-order chi connectivity index (χ0) is 17.7. The van der Waals surface area contributed by atoms with Crippen LogP contribution >= 0.6 is 0 Å². The summed E-state index contributed by atoms with van der Waals surface area (Å²) in [6.45, 7) is 1.62. The van der Waals surface area contributed by atoms with Gasteiger partial charge in [0.15, 0.2) is 5.58 Å². The fourth-order valence-electron chi connectivity index (χ4n) is 3.00. The molecule has 0 saturated heterocycles. The number of carboxylic acids is 1. The molecule has 2 heterocycles. The van der Waals surface area contributed by atoms with Crippen molar-refractivity contribution in [1.82, 2.24) is 9.55 Å². The number of aliphatic carboxylic acids is 1. The maximum absolute atomic E-state index is 13.6. The van der Waals surface area contributed by atoms with Crippen LogP contribution in [0.25, 0.3) is 33.5 Å². The third-order valence-corrected chi connectivity index (χ3v) is 4.46. The molecule has 0 amide bonds. The molecule has 4 aromatic rings. The minimum Gasteiger partial charge on any atom is -0.481 e. The average Bonchev–Trinajstić information content (AvgIpc) is 3.14. The van der Waals surface area contributed by atoms with Crippen molar-refractivity contribution in [3.05, 3.63) is 54.0 Å². The van der Waals surface area contributed by atoms with Gasteiger partial charge in [-0.15, -0.1) is 0 Å². The summed E-state index contributed by atoms with van der Waals surface area (Å²) in [5.41, 5.74) is 3.35. The number of benzene rings is 2. The molecule has 0 saturated carbocycles. The van der Waals surface area contributed by atoms with Crippen molar-refractivity contribution in [2.75, 3.05) is 0 Å². The fourth-order valence-corrected chi connectivity index (χ4v) is 3.00. The Labute approximate surface area is 142 Å². The standard InChI is InChI=1S/C19H15FN2O3/c1-10(19(23)24)11-3-5-15-17(7-11)25-18(21-15)14-9-22(2)16-6-4-12(20)8-13(14)16/h3-10H,1-2H3,(H,23,24). The van der Waals surface area contributed by atoms with Crippen LogP contribution < -0.4 is 0 Å². The summed E-state index contributed by atoms with van der Waals surface area (Å²) in [7, 11) is 1.87. The smallest absolute Gasteiger partial charge is 0.310 e. The monoisotopic (exact) mass is 338 g/mol. The second kappa shape index (κ2) is 5.44. The van der Waals surface area contributed by atoms with Crippen molar-refractivity contribution in [3.63, 3.8) is 0 Å². The Balaban J connectivity index is 1.88. The predicted octanol–water partition coefficient (Wildman–Crippen LogP) is 4.31. The summed E-state index contributed by atoms with van der Waals surface area (Å²) < 4.78 is 21.4. The van der Waals surface area contributed by atoms with E-state index in [4.69, 9.17) is 9.52 Å². The van der Waals surface area contributed by atoms with E-state index in [0.29, 0.717) is 33.5 Å². The number of hydrogen-bond acceptors (Lipinski definition) is 3. The van der Waals surface area contributed by atoms with E-state index < -0.39 is 11.9 Å². The van der Waals surface area contributed by atoms with Gasteiger partial charge in [-0.3, -0.25) is 4.79 Å². The molecule has 5 nitrogen and oxygen atoms in total. The van der Waals surface area contributed by atoms with E-state index in [0.717, 1.165) is 5.52 Å². The molecule has 2 aromatic carbocycles. The van der Waals surface area contributed by atoms with Gasteiger partial charge in [-0.2, -0.15) is 0 Å². The Morgan fingerprint density at radius 2 is 2.08 bits per heavy atom. The maximum Gasteiger partial charge on any atom is 0.310 e. The summed E-state index contributed by atoms with van der Waals surface area (Å²) in [5, 5.41) is 9.87. The zero-order valence-corrected chi connectivity index (χ0v) is 13.7. The first-order chi connectivity index (χ1) is 11.9. The third kappa shape index (κ3) is 2.46. The van der Waals surface area contributed by atoms with Gasteiger partial charge < -0.3 is 14.1 Å². The number of hydrogen-bond donors (Lipinski definition) is 1. The van der Waals surface area contributed by atoms with Crippen LogP contribution in [-0.4, -0.2) is 20.6 Å². The zero-order valence-electron chi connectivity index (χ0n) is 13.7. The van der Waals surface area contributed by atoms with Crippen molar-refractivity contribution < 1.29 is 18.7 Å². The molecule has 0 spiro atoms. The van der Waals surface area contributed by atoms with Gasteiger partial charge in [-0.05, 0) is 42.8 Å². The summed E-state index contributed by atoms with van der Waals surface area (Å²) in [6.07, 6.45) is 1.84. The van der Waals surface area contributed by atoms with Crippen LogP contribution in [0.4, 0.5) is 4.39 Å². The van der Waals surface area contributed by atoms with Gasteiger partial charge in [0.1, 0.15) is 11.3 Å². The van der Waals surface area contributed by atoms with Crippen LogP contribution in [0.1, 0.15) is 18.4 Å². The number of aromatic nitrogens is 2. The highest BCUT2D eigenvalue weighted by molar-refractivity contribution is 5.95. The molecule has 126 valence electrons. The molecular formula is C19H15FN2O3. The number of fused-ring (bicyclic) bond motifs is 2. The second-order valence-electron chi connectivity index (χ2n) is 6.12. The number of rotatable bonds is 3. The minimum atomic E-state index is -0.899. The molecule has 1 unspecified atom stereocenters. The van der Waals surface area contributed by atoms with Gasteiger partial charge >= 0.3 is 5.97 Å². The second-order valence-corrected chi connectivity index (χ2v) is 6.12. The first-order valence-electron chi connectivity index (χ1n) is 7.82. The highest BCUT2D eigenvalue weighted by Gasteiger charge is 2.18. The average molecular weight is 338 g/mol. The van der Waals surface area contributed by atoms with E-state index in [-0.39, 0.29) is 5.82 Å². The van der Waals surface area contributed by atoms with Gasteiger partial charge in [-0.25, -0.2) is 9.37 Å². The van der Waals surface area contributed by atoms with Crippen molar-refractivity contribution in [3.8, 4) is 11.5 Å². The summed E-state index contributed by atoms with van der Waals surface area (Å²) >= 11 is 0. The molecule has 25 heavy (non-hydrogen) atoms. The van der Waals surface area contributed by atoms with E-state index in [2.05, 4.69) is 4.98 Å². The van der Waals surface area contributed by atoms with E-state index in [1.54, 1.807) is 31.2 Å². The Morgan fingerprint density at radius 1 is 1.28 bits per heavy atom. The molecule has 0 aliphatic carbocycles. The van der Waals surface area contributed by atoms with Gasteiger partial charge in [-0.1, -0.05) is 6.07 Å². The molecule has 2 aromatic heterocycles. The van der Waals surface area contributed by atoms with Gasteiger partial charge in [0.05, 0.1) is 11.5 Å². The van der Waals surface area contributed by atoms with E-state index in [9.17, 15) is 9.18 Å². The summed E-state index contributed by atoms with van der Waals surface area (Å²) in [6, 6.07) is 9.74. The van der Waals surface area contributed by atoms with E-state index in [1.165, 1.54) is 12.1 Å². The van der Waals surface area contributed by atoms with Crippen LogP contribution in [-0.2, 0) is 11.8 Å². The number of carboxylic acid groups (broad SMARTS) is 1. The lowest BCUT2D eigenvalue weighted by Gasteiger charge is -2.04. The lowest BCUT2D eigenvalue weighted by Crippen LogP contribution is -2.06. The highest BCUT2D eigenvalue weighted by atomic mass is 19.1. The fraction of sp³-hybridized carbons (Fsp3) is 0.158. The molecule has 0 aliphatic heterocycles. The minimum absolute atomic E-state index is 0.325. The first kappa shape index (κ1) is 15.4. The SMILES string of the molecule is CC(C(=O)O)c1ccc2nc(-c3cn(C)c4ccc(F)cc34)oc2c1. The molecule has 0 aliphatic rings. The summed E-state index contributed by atoms with van der Waals surface area (Å²) in [4.78, 5) is 15.6. The van der Waals surface area contributed by atoms with Crippen LogP contribution in [0.15, 0.2) is 47.0 Å². The number of oxazole rings is 1. The normalized spacial score (nSPS) is 12.8. The van der Waals surface area contributed by atoms with Crippen molar-refractivity contribution in [1.29, 1.82) is 0 Å². The lowest BCUT2D eigenvalue weighted by atomic mass is 10.0. The van der Waals surface area contributed by atoms with Crippen LogP contribution in [0.3, 0.4) is 0 Å². The highest BCUT2D eigenvalue weighted by Crippen LogP contribution is 2.33. The van der Waals surface area contributed by atoms with Gasteiger partial charge in [0, 0.05) is 24.1 Å². The largest absolute Gasteiger partial charge is 0.481 e. The van der Waals surface area contributed by atoms with Crippen molar-refractivity contribution in [2.24, 2.45) is 7.05 Å². The van der Waals surface area contributed by atoms with Crippen LogP contribution in [0, 0.1) is 5.82 Å². The van der Waals surface area contributed by atoms with Crippen molar-refractivity contribution in [2.45, 2.75) is 12.8 Å². The maximum atomic E-state index is 13.6. The number of aryl methyl sites for hydroxylation is 1. The van der Waals surface area contributed by atoms with Gasteiger partial charge in [0.25, 0.3) is 0 Å². The van der Waals surface area contributed by atoms with Crippen LogP contribution in [0.5, 0.6) is 0 Å². The molecule has 6 heteroatoms. The molecule has 0 radical (unpaired) electrons. The predicted molar refractivity (Wildman–Crippen MR) is 91.9 cm³/mol. The number of carbonyl (C=O) groups is 1. The topological polar surface area (TPSA) is 68.3 Å². The van der Waals surface area contributed by atoms with Crippen LogP contribution in [0.2, 0.25) is 0 Å². The molecule has 1 N–H and O–H groups in total. The van der Waals surface area contributed by atoms with Gasteiger partial charge in [0.2, 0.25) is 5.89 Å².